The number of nitrogens with zero attached hydrogens (tertiary/aromatic N) is 2. The third-order valence-corrected chi connectivity index (χ3v) is 3.44. The molecule has 0 radical (unpaired) electrons. The van der Waals surface area contributed by atoms with E-state index in [0.717, 1.165) is 18.5 Å². The Morgan fingerprint density at radius 2 is 2.09 bits per heavy atom. The Labute approximate surface area is 148 Å². The van der Waals surface area contributed by atoms with E-state index in [1.54, 1.807) is 0 Å². The summed E-state index contributed by atoms with van der Waals surface area (Å²) in [6.07, 6.45) is 0.898. The maximum Gasteiger partial charge on any atom is 0.244 e. The SMILES string of the molecule is C=C(C)CNC(N)=NCC(=O)N1CCc2ccccc2C1.I. The number of carbonyl (C=O) groups is 1. The molecule has 0 aromatic heterocycles. The number of aliphatic imine (C=N–C) groups is 1. The van der Waals surface area contributed by atoms with E-state index in [2.05, 4.69) is 29.0 Å². The molecule has 120 valence electrons. The van der Waals surface area contributed by atoms with E-state index in [1.807, 2.05) is 24.0 Å². The molecule has 0 saturated carbocycles. The molecule has 0 atom stereocenters. The van der Waals surface area contributed by atoms with Crippen LogP contribution < -0.4 is 11.1 Å². The molecule has 0 bridgehead atoms. The minimum Gasteiger partial charge on any atom is -0.370 e. The maximum absolute atomic E-state index is 12.2. The third-order valence-electron chi connectivity index (χ3n) is 3.44. The van der Waals surface area contributed by atoms with Crippen LogP contribution in [-0.2, 0) is 17.8 Å². The molecule has 2 rings (SSSR count). The highest BCUT2D eigenvalue weighted by molar-refractivity contribution is 14.0. The number of carbonyl (C=O) groups excluding carboxylic acids is 1. The lowest BCUT2D eigenvalue weighted by atomic mass is 10.00. The first-order valence-corrected chi connectivity index (χ1v) is 7.09. The average Bonchev–Trinajstić information content (AvgIpc) is 2.50. The highest BCUT2D eigenvalue weighted by Gasteiger charge is 2.19. The maximum atomic E-state index is 12.2. The van der Waals surface area contributed by atoms with Gasteiger partial charge in [-0.2, -0.15) is 0 Å². The predicted octanol–water partition coefficient (Wildman–Crippen LogP) is 1.67. The molecule has 0 saturated heterocycles. The molecule has 1 aromatic carbocycles. The first kappa shape index (κ1) is 18.5. The molecule has 6 heteroatoms. The molecule has 0 spiro atoms. The van der Waals surface area contributed by atoms with Crippen LogP contribution in [0.15, 0.2) is 41.4 Å². The quantitative estimate of drug-likeness (QED) is 0.341. The third kappa shape index (κ3) is 5.32. The first-order valence-electron chi connectivity index (χ1n) is 7.09. The zero-order valence-corrected chi connectivity index (χ0v) is 15.2. The van der Waals surface area contributed by atoms with Gasteiger partial charge in [0.25, 0.3) is 0 Å². The van der Waals surface area contributed by atoms with Gasteiger partial charge in [0.1, 0.15) is 6.54 Å². The van der Waals surface area contributed by atoms with Crippen molar-refractivity contribution >= 4 is 35.8 Å². The van der Waals surface area contributed by atoms with Crippen molar-refractivity contribution in [2.24, 2.45) is 10.7 Å². The second-order valence-electron chi connectivity index (χ2n) is 5.35. The van der Waals surface area contributed by atoms with Gasteiger partial charge in [-0.25, -0.2) is 4.99 Å². The number of hydrogen-bond donors (Lipinski definition) is 2. The predicted molar refractivity (Wildman–Crippen MR) is 100 cm³/mol. The van der Waals surface area contributed by atoms with Crippen LogP contribution in [0.4, 0.5) is 0 Å². The van der Waals surface area contributed by atoms with E-state index < -0.39 is 0 Å². The van der Waals surface area contributed by atoms with Crippen LogP contribution in [0.5, 0.6) is 0 Å². The summed E-state index contributed by atoms with van der Waals surface area (Å²) in [5.74, 6) is 0.285. The van der Waals surface area contributed by atoms with E-state index in [9.17, 15) is 4.79 Å². The summed E-state index contributed by atoms with van der Waals surface area (Å²) < 4.78 is 0. The Morgan fingerprint density at radius 1 is 1.41 bits per heavy atom. The number of halogens is 1. The summed E-state index contributed by atoms with van der Waals surface area (Å²) in [4.78, 5) is 18.1. The van der Waals surface area contributed by atoms with E-state index in [0.29, 0.717) is 13.1 Å². The molecule has 0 fully saturated rings. The summed E-state index contributed by atoms with van der Waals surface area (Å²) in [6, 6.07) is 8.23. The highest BCUT2D eigenvalue weighted by Crippen LogP contribution is 2.18. The molecule has 1 aliphatic rings. The Kier molecular flexibility index (Phi) is 7.37. The van der Waals surface area contributed by atoms with Gasteiger partial charge in [-0.05, 0) is 24.5 Å². The Morgan fingerprint density at radius 3 is 2.77 bits per heavy atom. The smallest absolute Gasteiger partial charge is 0.244 e. The summed E-state index contributed by atoms with van der Waals surface area (Å²) in [7, 11) is 0. The lowest BCUT2D eigenvalue weighted by molar-refractivity contribution is -0.130. The zero-order valence-electron chi connectivity index (χ0n) is 12.8. The molecule has 0 unspecified atom stereocenters. The van der Waals surface area contributed by atoms with Gasteiger partial charge in [0, 0.05) is 19.6 Å². The zero-order chi connectivity index (χ0) is 15.2. The van der Waals surface area contributed by atoms with Crippen molar-refractivity contribution in [1.29, 1.82) is 0 Å². The number of fused-ring (bicyclic) bond motifs is 1. The van der Waals surface area contributed by atoms with Gasteiger partial charge in [-0.15, -0.1) is 24.0 Å². The molecule has 1 heterocycles. The standard InChI is InChI=1S/C16H22N4O.HI/c1-12(2)9-18-16(17)19-10-15(21)20-8-7-13-5-3-4-6-14(13)11-20;/h3-6H,1,7-11H2,2H3,(H3,17,18,19);1H. The normalized spacial score (nSPS) is 13.9. The van der Waals surface area contributed by atoms with E-state index in [-0.39, 0.29) is 42.4 Å². The fourth-order valence-corrected chi connectivity index (χ4v) is 2.26. The molecular formula is C16H23IN4O. The number of hydrogen-bond acceptors (Lipinski definition) is 2. The molecule has 22 heavy (non-hydrogen) atoms. The molecule has 1 aromatic rings. The van der Waals surface area contributed by atoms with Crippen LogP contribution in [0.1, 0.15) is 18.1 Å². The van der Waals surface area contributed by atoms with Crippen molar-refractivity contribution in [2.45, 2.75) is 19.9 Å². The largest absolute Gasteiger partial charge is 0.370 e. The second-order valence-corrected chi connectivity index (χ2v) is 5.35. The molecule has 1 amide bonds. The first-order chi connectivity index (χ1) is 10.1. The molecule has 3 N–H and O–H groups in total. The summed E-state index contributed by atoms with van der Waals surface area (Å²) in [5, 5.41) is 2.91. The van der Waals surface area contributed by atoms with Crippen molar-refractivity contribution in [3.63, 3.8) is 0 Å². The average molecular weight is 414 g/mol. The van der Waals surface area contributed by atoms with Crippen LogP contribution in [0.3, 0.4) is 0 Å². The molecule has 5 nitrogen and oxygen atoms in total. The summed E-state index contributed by atoms with van der Waals surface area (Å²) in [6.45, 7) is 7.72. The monoisotopic (exact) mass is 414 g/mol. The lowest BCUT2D eigenvalue weighted by Gasteiger charge is -2.28. The highest BCUT2D eigenvalue weighted by atomic mass is 127. The van der Waals surface area contributed by atoms with Gasteiger partial charge >= 0.3 is 0 Å². The topological polar surface area (TPSA) is 70.7 Å². The van der Waals surface area contributed by atoms with Gasteiger partial charge in [0.05, 0.1) is 0 Å². The summed E-state index contributed by atoms with van der Waals surface area (Å²) in [5.41, 5.74) is 9.21. The van der Waals surface area contributed by atoms with Gasteiger partial charge in [0.15, 0.2) is 5.96 Å². The van der Waals surface area contributed by atoms with E-state index in [4.69, 9.17) is 5.73 Å². The fraction of sp³-hybridized carbons (Fsp3) is 0.375. The van der Waals surface area contributed by atoms with Crippen molar-refractivity contribution in [3.05, 3.63) is 47.5 Å². The minimum absolute atomic E-state index is 0. The van der Waals surface area contributed by atoms with Gasteiger partial charge < -0.3 is 16.0 Å². The Bertz CT molecular complexity index is 571. The second kappa shape index (κ2) is 8.77. The van der Waals surface area contributed by atoms with Gasteiger partial charge in [0.2, 0.25) is 5.91 Å². The lowest BCUT2D eigenvalue weighted by Crippen LogP contribution is -2.39. The van der Waals surface area contributed by atoms with Crippen molar-refractivity contribution < 1.29 is 4.79 Å². The van der Waals surface area contributed by atoms with Gasteiger partial charge in [-0.3, -0.25) is 4.79 Å². The number of guanidine groups is 1. The number of nitrogens with one attached hydrogen (secondary N) is 1. The molecular weight excluding hydrogens is 391 g/mol. The van der Waals surface area contributed by atoms with E-state index >= 15 is 0 Å². The number of rotatable bonds is 4. The van der Waals surface area contributed by atoms with Crippen molar-refractivity contribution in [2.75, 3.05) is 19.6 Å². The molecule has 1 aliphatic heterocycles. The Hall–Kier alpha value is -1.57. The van der Waals surface area contributed by atoms with Crippen molar-refractivity contribution in [3.8, 4) is 0 Å². The van der Waals surface area contributed by atoms with Crippen LogP contribution in [-0.4, -0.2) is 36.4 Å². The summed E-state index contributed by atoms with van der Waals surface area (Å²) >= 11 is 0. The van der Waals surface area contributed by atoms with Crippen LogP contribution >= 0.6 is 24.0 Å². The van der Waals surface area contributed by atoms with Gasteiger partial charge in [-0.1, -0.05) is 36.4 Å². The van der Waals surface area contributed by atoms with Crippen LogP contribution in [0.2, 0.25) is 0 Å². The number of nitrogens with two attached hydrogens (primary N) is 1. The Balaban J connectivity index is 0.00000242. The van der Waals surface area contributed by atoms with Crippen LogP contribution in [0, 0.1) is 0 Å². The number of amides is 1. The van der Waals surface area contributed by atoms with Crippen molar-refractivity contribution in [1.82, 2.24) is 10.2 Å². The minimum atomic E-state index is 0. The van der Waals surface area contributed by atoms with Crippen LogP contribution in [0.25, 0.3) is 0 Å². The molecule has 0 aliphatic carbocycles. The number of benzene rings is 1. The fourth-order valence-electron chi connectivity index (χ4n) is 2.26. The van der Waals surface area contributed by atoms with E-state index in [1.165, 1.54) is 11.1 Å².